The van der Waals surface area contributed by atoms with Gasteiger partial charge in [0.25, 0.3) is 5.56 Å². The number of cyclic esters (lactones) is 1. The van der Waals surface area contributed by atoms with Gasteiger partial charge in [-0.1, -0.05) is 13.8 Å². The number of ether oxygens (including phenoxy) is 2. The summed E-state index contributed by atoms with van der Waals surface area (Å²) >= 11 is 0. The highest BCUT2D eigenvalue weighted by Crippen LogP contribution is 2.40. The van der Waals surface area contributed by atoms with Crippen LogP contribution in [0.25, 0.3) is 22.3 Å². The second-order valence-corrected chi connectivity index (χ2v) is 10.2. The molecular formula is C29H32FN3O6. The molecule has 10 heteroatoms. The third-order valence-corrected chi connectivity index (χ3v) is 7.83. The van der Waals surface area contributed by atoms with E-state index in [0.29, 0.717) is 42.0 Å². The average molecular weight is 538 g/mol. The number of halogens is 1. The number of esters is 1. The van der Waals surface area contributed by atoms with Gasteiger partial charge >= 0.3 is 5.97 Å². The summed E-state index contributed by atoms with van der Waals surface area (Å²) in [6.45, 7) is 6.30. The Kier molecular flexibility index (Phi) is 7.02. The van der Waals surface area contributed by atoms with Gasteiger partial charge in [-0.05, 0) is 49.4 Å². The maximum absolute atomic E-state index is 14.7. The Balaban J connectivity index is 1.69. The number of carbonyl (C=O) groups is 2. The summed E-state index contributed by atoms with van der Waals surface area (Å²) < 4.78 is 26.5. The van der Waals surface area contributed by atoms with Crippen LogP contribution in [0.1, 0.15) is 54.5 Å². The molecule has 206 valence electrons. The topological polar surface area (TPSA) is 111 Å². The summed E-state index contributed by atoms with van der Waals surface area (Å²) in [5.74, 6) is -1.30. The van der Waals surface area contributed by atoms with E-state index in [0.717, 1.165) is 22.9 Å². The molecule has 0 saturated heterocycles. The van der Waals surface area contributed by atoms with Crippen molar-refractivity contribution in [2.45, 2.75) is 58.8 Å². The van der Waals surface area contributed by atoms with E-state index in [-0.39, 0.29) is 48.8 Å². The van der Waals surface area contributed by atoms with E-state index in [2.05, 4.69) is 0 Å². The Hall–Kier alpha value is -3.63. The van der Waals surface area contributed by atoms with Gasteiger partial charge in [-0.2, -0.15) is 0 Å². The van der Waals surface area contributed by atoms with Gasteiger partial charge in [-0.15, -0.1) is 0 Å². The van der Waals surface area contributed by atoms with E-state index >= 15 is 0 Å². The number of aliphatic hydroxyl groups is 1. The van der Waals surface area contributed by atoms with Crippen LogP contribution in [0, 0.1) is 12.7 Å². The molecule has 0 fully saturated rings. The fourth-order valence-electron chi connectivity index (χ4n) is 5.67. The summed E-state index contributed by atoms with van der Waals surface area (Å²) in [4.78, 5) is 45.3. The number of hydrogen-bond donors (Lipinski definition) is 1. The van der Waals surface area contributed by atoms with Crippen molar-refractivity contribution >= 4 is 22.8 Å². The summed E-state index contributed by atoms with van der Waals surface area (Å²) in [6, 6.07) is 4.78. The van der Waals surface area contributed by atoms with Gasteiger partial charge in [0.15, 0.2) is 5.60 Å². The summed E-state index contributed by atoms with van der Waals surface area (Å²) in [6.07, 6.45) is 1.28. The standard InChI is InChI=1S/C29H32FN3O6/c1-5-8-32(25(34)15-38-4)9-7-17-18-10-16(3)22(30)12-23(18)31-26-19(17)13-33-24(26)11-21-20(27(33)35)14-39-28(36)29(21,37)6-2/h10-12,37H,5-9,13-15H2,1-4H3/t29-/m0/s1. The second kappa shape index (κ2) is 10.2. The Morgan fingerprint density at radius 2 is 2.00 bits per heavy atom. The van der Waals surface area contributed by atoms with Crippen molar-refractivity contribution in [3.63, 3.8) is 0 Å². The highest BCUT2D eigenvalue weighted by molar-refractivity contribution is 5.89. The number of fused-ring (bicyclic) bond motifs is 5. The minimum Gasteiger partial charge on any atom is -0.458 e. The van der Waals surface area contributed by atoms with Crippen molar-refractivity contribution in [2.75, 3.05) is 26.8 Å². The van der Waals surface area contributed by atoms with E-state index in [1.54, 1.807) is 35.4 Å². The molecule has 0 aliphatic carbocycles. The predicted octanol–water partition coefficient (Wildman–Crippen LogP) is 2.95. The number of hydrogen-bond acceptors (Lipinski definition) is 7. The molecule has 9 nitrogen and oxygen atoms in total. The zero-order valence-corrected chi connectivity index (χ0v) is 22.6. The van der Waals surface area contributed by atoms with Crippen molar-refractivity contribution in [1.82, 2.24) is 14.5 Å². The lowest BCUT2D eigenvalue weighted by atomic mass is 9.86. The number of carbonyl (C=O) groups excluding carboxylic acids is 2. The maximum Gasteiger partial charge on any atom is 0.343 e. The molecule has 1 atom stereocenters. The molecule has 1 aromatic carbocycles. The van der Waals surface area contributed by atoms with E-state index in [1.807, 2.05) is 6.92 Å². The van der Waals surface area contributed by atoms with Gasteiger partial charge in [0, 0.05) is 42.8 Å². The summed E-state index contributed by atoms with van der Waals surface area (Å²) in [7, 11) is 1.48. The molecule has 3 aromatic rings. The molecule has 0 saturated carbocycles. The highest BCUT2D eigenvalue weighted by atomic mass is 19.1. The molecular weight excluding hydrogens is 505 g/mol. The van der Waals surface area contributed by atoms with Gasteiger partial charge < -0.3 is 24.0 Å². The van der Waals surface area contributed by atoms with Crippen LogP contribution in [0.15, 0.2) is 23.0 Å². The largest absolute Gasteiger partial charge is 0.458 e. The van der Waals surface area contributed by atoms with Crippen LogP contribution in [0.4, 0.5) is 4.39 Å². The molecule has 1 N–H and O–H groups in total. The molecule has 4 heterocycles. The zero-order valence-electron chi connectivity index (χ0n) is 22.6. The first-order chi connectivity index (χ1) is 18.6. The normalized spacial score (nSPS) is 17.5. The van der Waals surface area contributed by atoms with E-state index in [9.17, 15) is 23.9 Å². The van der Waals surface area contributed by atoms with Crippen LogP contribution in [0.3, 0.4) is 0 Å². The highest BCUT2D eigenvalue weighted by Gasteiger charge is 2.45. The number of aromatic nitrogens is 2. The van der Waals surface area contributed by atoms with Crippen LogP contribution >= 0.6 is 0 Å². The number of methoxy groups -OCH3 is 1. The molecule has 5 rings (SSSR count). The number of aryl methyl sites for hydroxylation is 1. The lowest BCUT2D eigenvalue weighted by molar-refractivity contribution is -0.172. The van der Waals surface area contributed by atoms with Crippen LogP contribution in [-0.2, 0) is 44.2 Å². The fraction of sp³-hybridized carbons (Fsp3) is 0.448. The van der Waals surface area contributed by atoms with E-state index in [4.69, 9.17) is 14.5 Å². The fourth-order valence-corrected chi connectivity index (χ4v) is 5.67. The van der Waals surface area contributed by atoms with Crippen LogP contribution in [-0.4, -0.2) is 58.2 Å². The molecule has 0 unspecified atom stereocenters. The second-order valence-electron chi connectivity index (χ2n) is 10.2. The Labute approximate surface area is 225 Å². The van der Waals surface area contributed by atoms with Gasteiger partial charge in [-0.3, -0.25) is 9.59 Å². The SMILES string of the molecule is CCCN(CCc1c2c(nc3cc(F)c(C)cc13)-c1cc3c(c(=O)n1C2)COC(=O)[C@]3(O)CC)C(=O)COC. The molecule has 0 radical (unpaired) electrons. The number of nitrogens with zero attached hydrogens (tertiary/aromatic N) is 3. The summed E-state index contributed by atoms with van der Waals surface area (Å²) in [5, 5.41) is 11.9. The van der Waals surface area contributed by atoms with E-state index < -0.39 is 17.4 Å². The van der Waals surface area contributed by atoms with Crippen molar-refractivity contribution in [2.24, 2.45) is 0 Å². The van der Waals surface area contributed by atoms with Gasteiger partial charge in [0.1, 0.15) is 19.0 Å². The number of rotatable bonds is 8. The quantitative estimate of drug-likeness (QED) is 0.344. The molecule has 39 heavy (non-hydrogen) atoms. The molecule has 0 bridgehead atoms. The third kappa shape index (κ3) is 4.31. The molecule has 0 spiro atoms. The third-order valence-electron chi connectivity index (χ3n) is 7.83. The Bertz CT molecular complexity index is 1570. The van der Waals surface area contributed by atoms with Gasteiger partial charge in [-0.25, -0.2) is 14.2 Å². The number of benzene rings is 1. The maximum atomic E-state index is 14.7. The number of pyridine rings is 2. The first kappa shape index (κ1) is 27.0. The zero-order chi connectivity index (χ0) is 28.1. The molecule has 1 amide bonds. The summed E-state index contributed by atoms with van der Waals surface area (Å²) in [5.41, 5.74) is 1.71. The predicted molar refractivity (Wildman–Crippen MR) is 142 cm³/mol. The smallest absolute Gasteiger partial charge is 0.343 e. The van der Waals surface area contributed by atoms with Gasteiger partial charge in [0.2, 0.25) is 5.91 Å². The number of amides is 1. The van der Waals surface area contributed by atoms with Crippen molar-refractivity contribution in [3.05, 3.63) is 62.2 Å². The van der Waals surface area contributed by atoms with Crippen molar-refractivity contribution in [3.8, 4) is 11.4 Å². The first-order valence-electron chi connectivity index (χ1n) is 13.2. The van der Waals surface area contributed by atoms with Crippen molar-refractivity contribution < 1.29 is 28.6 Å². The monoisotopic (exact) mass is 537 g/mol. The molecule has 2 aromatic heterocycles. The Morgan fingerprint density at radius 1 is 1.23 bits per heavy atom. The minimum atomic E-state index is -1.93. The van der Waals surface area contributed by atoms with E-state index in [1.165, 1.54) is 13.2 Å². The first-order valence-corrected chi connectivity index (χ1v) is 13.2. The van der Waals surface area contributed by atoms with Crippen LogP contribution < -0.4 is 5.56 Å². The minimum absolute atomic E-state index is 0.0208. The van der Waals surface area contributed by atoms with Crippen LogP contribution in [0.2, 0.25) is 0 Å². The average Bonchev–Trinajstić information content (AvgIpc) is 3.28. The van der Waals surface area contributed by atoms with Gasteiger partial charge in [0.05, 0.1) is 29.0 Å². The lowest BCUT2D eigenvalue weighted by Crippen LogP contribution is -2.44. The molecule has 2 aliphatic heterocycles. The lowest BCUT2D eigenvalue weighted by Gasteiger charge is -2.31. The van der Waals surface area contributed by atoms with Crippen molar-refractivity contribution in [1.29, 1.82) is 0 Å². The Morgan fingerprint density at radius 3 is 2.69 bits per heavy atom. The molecule has 2 aliphatic rings. The van der Waals surface area contributed by atoms with Crippen LogP contribution in [0.5, 0.6) is 0 Å².